The molecule has 2 rings (SSSR count). The quantitative estimate of drug-likeness (QED) is 0.680. The Kier molecular flexibility index (Phi) is 5.73. The van der Waals surface area contributed by atoms with Crippen LogP contribution in [0.4, 0.5) is 4.79 Å². The van der Waals surface area contributed by atoms with Crippen molar-refractivity contribution in [3.63, 3.8) is 0 Å². The van der Waals surface area contributed by atoms with Crippen LogP contribution >= 0.6 is 0 Å². The van der Waals surface area contributed by atoms with Crippen LogP contribution in [0, 0.1) is 0 Å². The first-order valence-electron chi connectivity index (χ1n) is 7.82. The van der Waals surface area contributed by atoms with E-state index in [9.17, 15) is 14.4 Å². The number of rotatable bonds is 4. The molecular weight excluding hydrogens is 286 g/mol. The zero-order chi connectivity index (χ0) is 16.1. The molecule has 0 aliphatic carbocycles. The second kappa shape index (κ2) is 7.55. The van der Waals surface area contributed by atoms with Crippen molar-refractivity contribution < 1.29 is 14.4 Å². The number of imide groups is 1. The van der Waals surface area contributed by atoms with Gasteiger partial charge in [-0.3, -0.25) is 24.7 Å². The minimum absolute atomic E-state index is 0.163. The van der Waals surface area contributed by atoms with Gasteiger partial charge in [-0.15, -0.1) is 0 Å². The van der Waals surface area contributed by atoms with Crippen LogP contribution in [-0.4, -0.2) is 84.4 Å². The molecule has 2 aliphatic rings. The Bertz CT molecular complexity index is 428. The van der Waals surface area contributed by atoms with E-state index in [-0.39, 0.29) is 5.91 Å². The van der Waals surface area contributed by atoms with Crippen molar-refractivity contribution in [2.24, 2.45) is 5.73 Å². The smallest absolute Gasteiger partial charge is 0.318 e. The number of nitrogens with two attached hydrogens (primary N) is 1. The molecule has 0 saturated carbocycles. The van der Waals surface area contributed by atoms with Crippen molar-refractivity contribution in [1.29, 1.82) is 0 Å². The van der Waals surface area contributed by atoms with Gasteiger partial charge in [-0.2, -0.15) is 0 Å². The van der Waals surface area contributed by atoms with Crippen molar-refractivity contribution >= 4 is 17.8 Å². The molecule has 4 amide bonds. The number of piperazine rings is 1. The fraction of sp³-hybridized carbons (Fsp3) is 0.786. The third-order valence-electron chi connectivity index (χ3n) is 4.40. The Morgan fingerprint density at radius 1 is 1.05 bits per heavy atom. The minimum atomic E-state index is -0.837. The fourth-order valence-corrected chi connectivity index (χ4v) is 2.98. The molecule has 0 aromatic carbocycles. The third kappa shape index (κ3) is 4.41. The number of urea groups is 1. The lowest BCUT2D eigenvalue weighted by Crippen LogP contribution is -2.56. The van der Waals surface area contributed by atoms with E-state index in [0.717, 1.165) is 13.1 Å². The first-order chi connectivity index (χ1) is 10.5. The molecule has 1 unspecified atom stereocenters. The van der Waals surface area contributed by atoms with Crippen LogP contribution < -0.4 is 11.1 Å². The molecule has 0 bridgehead atoms. The average molecular weight is 311 g/mol. The SMILES string of the molecule is CC(C(=O)NC(N)=O)N1CCN(C(=O)CN2CCCC2)CC1. The van der Waals surface area contributed by atoms with E-state index in [2.05, 4.69) is 10.2 Å². The zero-order valence-corrected chi connectivity index (χ0v) is 13.1. The molecule has 2 aliphatic heterocycles. The molecule has 2 heterocycles. The van der Waals surface area contributed by atoms with Crippen LogP contribution in [0.1, 0.15) is 19.8 Å². The lowest BCUT2D eigenvalue weighted by Gasteiger charge is -2.37. The Morgan fingerprint density at radius 2 is 1.64 bits per heavy atom. The highest BCUT2D eigenvalue weighted by Gasteiger charge is 2.28. The number of carbonyl (C=O) groups is 3. The number of amides is 4. The molecule has 0 aromatic heterocycles. The Labute approximate surface area is 130 Å². The van der Waals surface area contributed by atoms with Crippen LogP contribution in [0.5, 0.6) is 0 Å². The Morgan fingerprint density at radius 3 is 2.18 bits per heavy atom. The van der Waals surface area contributed by atoms with Crippen LogP contribution in [0.2, 0.25) is 0 Å². The molecule has 0 aromatic rings. The standard InChI is InChI=1S/C14H25N5O3/c1-11(13(21)16-14(15)22)18-6-8-19(9-7-18)12(20)10-17-4-2-3-5-17/h11H,2-10H2,1H3,(H3,15,16,21,22). The summed E-state index contributed by atoms with van der Waals surface area (Å²) in [6, 6.07) is -1.26. The molecule has 124 valence electrons. The summed E-state index contributed by atoms with van der Waals surface area (Å²) in [4.78, 5) is 40.7. The molecular formula is C14H25N5O3. The van der Waals surface area contributed by atoms with Gasteiger partial charge < -0.3 is 10.6 Å². The monoisotopic (exact) mass is 311 g/mol. The van der Waals surface area contributed by atoms with Crippen molar-refractivity contribution in [1.82, 2.24) is 20.0 Å². The number of likely N-dealkylation sites (tertiary alicyclic amines) is 1. The fourth-order valence-electron chi connectivity index (χ4n) is 2.98. The second-order valence-corrected chi connectivity index (χ2v) is 5.93. The summed E-state index contributed by atoms with van der Waals surface area (Å²) in [5, 5.41) is 2.09. The van der Waals surface area contributed by atoms with Gasteiger partial charge in [-0.25, -0.2) is 4.79 Å². The molecule has 2 saturated heterocycles. The molecule has 8 heteroatoms. The van der Waals surface area contributed by atoms with E-state index < -0.39 is 18.0 Å². The molecule has 0 radical (unpaired) electrons. The Hall–Kier alpha value is -1.67. The lowest BCUT2D eigenvalue weighted by molar-refractivity contribution is -0.135. The van der Waals surface area contributed by atoms with Crippen molar-refractivity contribution in [2.75, 3.05) is 45.8 Å². The number of primary amides is 1. The average Bonchev–Trinajstić information content (AvgIpc) is 2.98. The predicted octanol–water partition coefficient (Wildman–Crippen LogP) is -1.19. The van der Waals surface area contributed by atoms with Crippen LogP contribution in [0.15, 0.2) is 0 Å². The highest BCUT2D eigenvalue weighted by molar-refractivity contribution is 5.96. The summed E-state index contributed by atoms with van der Waals surface area (Å²) in [7, 11) is 0. The first kappa shape index (κ1) is 16.7. The van der Waals surface area contributed by atoms with Gasteiger partial charge in [0.2, 0.25) is 11.8 Å². The normalized spacial score (nSPS) is 21.6. The van der Waals surface area contributed by atoms with Crippen LogP contribution in [0.3, 0.4) is 0 Å². The number of hydrogen-bond acceptors (Lipinski definition) is 5. The number of hydrogen-bond donors (Lipinski definition) is 2. The maximum atomic E-state index is 12.2. The topological polar surface area (TPSA) is 99.0 Å². The van der Waals surface area contributed by atoms with Gasteiger partial charge in [0.1, 0.15) is 0 Å². The van der Waals surface area contributed by atoms with Gasteiger partial charge in [0.05, 0.1) is 12.6 Å². The highest BCUT2D eigenvalue weighted by atomic mass is 16.2. The summed E-state index contributed by atoms with van der Waals surface area (Å²) in [5.41, 5.74) is 4.95. The number of nitrogens with one attached hydrogen (secondary N) is 1. The molecule has 3 N–H and O–H groups in total. The summed E-state index contributed by atoms with van der Waals surface area (Å²) in [6.07, 6.45) is 2.35. The van der Waals surface area contributed by atoms with Gasteiger partial charge in [-0.05, 0) is 32.9 Å². The van der Waals surface area contributed by atoms with Gasteiger partial charge in [-0.1, -0.05) is 0 Å². The molecule has 22 heavy (non-hydrogen) atoms. The summed E-state index contributed by atoms with van der Waals surface area (Å²) in [6.45, 7) is 6.73. The maximum Gasteiger partial charge on any atom is 0.318 e. The highest BCUT2D eigenvalue weighted by Crippen LogP contribution is 2.10. The van der Waals surface area contributed by atoms with Crippen molar-refractivity contribution in [2.45, 2.75) is 25.8 Å². The number of carbonyl (C=O) groups excluding carboxylic acids is 3. The second-order valence-electron chi connectivity index (χ2n) is 5.93. The third-order valence-corrected chi connectivity index (χ3v) is 4.40. The summed E-state index contributed by atoms with van der Waals surface area (Å²) in [5.74, 6) is -0.236. The van der Waals surface area contributed by atoms with Gasteiger partial charge in [0, 0.05) is 26.2 Å². The largest absolute Gasteiger partial charge is 0.351 e. The van der Waals surface area contributed by atoms with E-state index in [1.165, 1.54) is 12.8 Å². The van der Waals surface area contributed by atoms with Crippen molar-refractivity contribution in [3.8, 4) is 0 Å². The van der Waals surface area contributed by atoms with E-state index in [1.807, 2.05) is 9.80 Å². The first-order valence-corrected chi connectivity index (χ1v) is 7.82. The van der Waals surface area contributed by atoms with Crippen molar-refractivity contribution in [3.05, 3.63) is 0 Å². The van der Waals surface area contributed by atoms with Crippen LogP contribution in [-0.2, 0) is 9.59 Å². The van der Waals surface area contributed by atoms with Gasteiger partial charge in [0.25, 0.3) is 0 Å². The molecule has 2 fully saturated rings. The zero-order valence-electron chi connectivity index (χ0n) is 13.1. The predicted molar refractivity (Wildman–Crippen MR) is 81.0 cm³/mol. The molecule has 1 atom stereocenters. The Balaban J connectivity index is 1.75. The van der Waals surface area contributed by atoms with E-state index in [1.54, 1.807) is 6.92 Å². The van der Waals surface area contributed by atoms with Gasteiger partial charge in [0.15, 0.2) is 0 Å². The maximum absolute atomic E-state index is 12.2. The summed E-state index contributed by atoms with van der Waals surface area (Å²) >= 11 is 0. The van der Waals surface area contributed by atoms with E-state index in [4.69, 9.17) is 5.73 Å². The molecule has 8 nitrogen and oxygen atoms in total. The van der Waals surface area contributed by atoms with Crippen LogP contribution in [0.25, 0.3) is 0 Å². The van der Waals surface area contributed by atoms with Gasteiger partial charge >= 0.3 is 6.03 Å². The summed E-state index contributed by atoms with van der Waals surface area (Å²) < 4.78 is 0. The van der Waals surface area contributed by atoms with E-state index in [0.29, 0.717) is 32.7 Å². The lowest BCUT2D eigenvalue weighted by atomic mass is 10.2. The molecule has 0 spiro atoms. The number of nitrogens with zero attached hydrogens (tertiary/aromatic N) is 3. The minimum Gasteiger partial charge on any atom is -0.351 e. The van der Waals surface area contributed by atoms with E-state index >= 15 is 0 Å².